The zero-order valence-electron chi connectivity index (χ0n) is 31.5. The Morgan fingerprint density at radius 1 is 0.741 bits per heavy atom. The molecule has 0 fully saturated rings. The minimum Gasteiger partial charge on any atom is -0.463 e. The van der Waals surface area contributed by atoms with E-state index in [2.05, 4.69) is 12.2 Å². The molecule has 0 saturated carbocycles. The Morgan fingerprint density at radius 2 is 1.35 bits per heavy atom. The number of carbonyl (C=O) groups is 3. The van der Waals surface area contributed by atoms with E-state index in [9.17, 15) is 24.0 Å². The highest BCUT2D eigenvalue weighted by atomic mass is 35.5. The molecule has 1 atom stereocenters. The average Bonchev–Trinajstić information content (AvgIpc) is 3.40. The standard InChI is InChI=1S/C42H53ClN4O7/c1-3-5-7-8-9-10-11-12-13-20-28-53-40(50)37(25-6-4-2)54-39(49)33-26-27-35(43)36(29-33)44-38(48)31-45-41(51)46(30-32-21-16-14-17-22-32)47(42(45)52)34-23-18-15-19-24-34/h14-19,21-24,26-27,29,37H,3-13,20,25,28,30-31H2,1-2H3,(H,44,48). The van der Waals surface area contributed by atoms with Crippen LogP contribution in [0.5, 0.6) is 0 Å². The van der Waals surface area contributed by atoms with Crippen LogP contribution >= 0.6 is 11.6 Å². The fourth-order valence-electron chi connectivity index (χ4n) is 6.12. The van der Waals surface area contributed by atoms with Crippen LogP contribution in [-0.2, 0) is 32.2 Å². The van der Waals surface area contributed by atoms with Crippen LogP contribution in [0.15, 0.2) is 88.5 Å². The number of rotatable bonds is 23. The topological polar surface area (TPSA) is 131 Å². The summed E-state index contributed by atoms with van der Waals surface area (Å²) in [5.74, 6) is -2.07. The van der Waals surface area contributed by atoms with Crippen LogP contribution in [0.3, 0.4) is 0 Å². The van der Waals surface area contributed by atoms with Crippen molar-refractivity contribution in [2.24, 2.45) is 0 Å². The second-order valence-electron chi connectivity index (χ2n) is 13.5. The summed E-state index contributed by atoms with van der Waals surface area (Å²) in [5.41, 5.74) is 0.00840. The molecule has 0 bridgehead atoms. The highest BCUT2D eigenvalue weighted by Gasteiger charge is 2.26. The molecule has 12 heteroatoms. The molecule has 4 aromatic rings. The Hall–Kier alpha value is -4.90. The quantitative estimate of drug-likeness (QED) is 0.0594. The van der Waals surface area contributed by atoms with Gasteiger partial charge in [-0.3, -0.25) is 4.79 Å². The molecule has 0 spiro atoms. The lowest BCUT2D eigenvalue weighted by molar-refractivity contribution is -0.154. The first kappa shape index (κ1) is 41.9. The summed E-state index contributed by atoms with van der Waals surface area (Å²) in [6.07, 6.45) is 12.3. The third-order valence-corrected chi connectivity index (χ3v) is 9.46. The number of hydrogen-bond acceptors (Lipinski definition) is 7. The van der Waals surface area contributed by atoms with Gasteiger partial charge in [-0.05, 0) is 55.2 Å². The molecule has 1 heterocycles. The minimum absolute atomic E-state index is 0.0521. The third-order valence-electron chi connectivity index (χ3n) is 9.13. The van der Waals surface area contributed by atoms with Gasteiger partial charge in [0.15, 0.2) is 6.10 Å². The molecule has 1 aromatic heterocycles. The number of esters is 2. The van der Waals surface area contributed by atoms with Crippen LogP contribution in [0, 0.1) is 0 Å². The number of ether oxygens (including phenoxy) is 2. The average molecular weight is 761 g/mol. The number of para-hydroxylation sites is 1. The molecule has 4 rings (SSSR count). The van der Waals surface area contributed by atoms with E-state index in [4.69, 9.17) is 21.1 Å². The molecule has 3 aromatic carbocycles. The molecule has 0 radical (unpaired) electrons. The Kier molecular flexibility index (Phi) is 17.3. The third kappa shape index (κ3) is 12.6. The summed E-state index contributed by atoms with van der Waals surface area (Å²) in [4.78, 5) is 66.7. The molecule has 0 aliphatic rings. The Labute approximate surface area is 322 Å². The van der Waals surface area contributed by atoms with Gasteiger partial charge in [-0.2, -0.15) is 4.68 Å². The number of aromatic nitrogens is 3. The monoisotopic (exact) mass is 760 g/mol. The van der Waals surface area contributed by atoms with Gasteiger partial charge < -0.3 is 14.8 Å². The molecule has 11 nitrogen and oxygen atoms in total. The van der Waals surface area contributed by atoms with E-state index in [1.54, 1.807) is 30.3 Å². The smallest absolute Gasteiger partial charge is 0.352 e. The van der Waals surface area contributed by atoms with Gasteiger partial charge in [0.1, 0.15) is 6.54 Å². The summed E-state index contributed by atoms with van der Waals surface area (Å²) >= 11 is 6.39. The largest absolute Gasteiger partial charge is 0.463 e. The van der Waals surface area contributed by atoms with E-state index in [1.807, 2.05) is 37.3 Å². The lowest BCUT2D eigenvalue weighted by Crippen LogP contribution is -2.34. The zero-order valence-corrected chi connectivity index (χ0v) is 32.2. The predicted molar refractivity (Wildman–Crippen MR) is 211 cm³/mol. The molecule has 290 valence electrons. The van der Waals surface area contributed by atoms with Gasteiger partial charge in [0.25, 0.3) is 0 Å². The van der Waals surface area contributed by atoms with Crippen molar-refractivity contribution in [3.63, 3.8) is 0 Å². The number of anilines is 1. The Balaban J connectivity index is 1.38. The van der Waals surface area contributed by atoms with E-state index in [1.165, 1.54) is 72.5 Å². The summed E-state index contributed by atoms with van der Waals surface area (Å²) in [6, 6.07) is 22.1. The van der Waals surface area contributed by atoms with Crippen molar-refractivity contribution in [3.05, 3.63) is 116 Å². The normalized spacial score (nSPS) is 11.6. The van der Waals surface area contributed by atoms with E-state index in [-0.39, 0.29) is 29.4 Å². The molecule has 0 aliphatic carbocycles. The van der Waals surface area contributed by atoms with Gasteiger partial charge >= 0.3 is 23.3 Å². The molecule has 1 amide bonds. The van der Waals surface area contributed by atoms with Gasteiger partial charge in [-0.1, -0.05) is 138 Å². The first-order valence-corrected chi connectivity index (χ1v) is 19.6. The number of benzene rings is 3. The molecule has 1 N–H and O–H groups in total. The lowest BCUT2D eigenvalue weighted by atomic mass is 10.1. The maximum atomic E-state index is 13.6. The number of halogens is 1. The second-order valence-corrected chi connectivity index (χ2v) is 13.9. The summed E-state index contributed by atoms with van der Waals surface area (Å²) < 4.78 is 14.5. The molecular weight excluding hydrogens is 708 g/mol. The van der Waals surface area contributed by atoms with Crippen molar-refractivity contribution in [2.45, 2.75) is 117 Å². The van der Waals surface area contributed by atoms with Crippen LogP contribution in [0.1, 0.15) is 113 Å². The highest BCUT2D eigenvalue weighted by molar-refractivity contribution is 6.33. The van der Waals surface area contributed by atoms with Gasteiger partial charge in [0.05, 0.1) is 35.1 Å². The van der Waals surface area contributed by atoms with E-state index >= 15 is 0 Å². The Bertz CT molecular complexity index is 1900. The molecule has 1 unspecified atom stereocenters. The zero-order chi connectivity index (χ0) is 38.7. The number of amides is 1. The van der Waals surface area contributed by atoms with E-state index in [0.717, 1.165) is 35.8 Å². The van der Waals surface area contributed by atoms with E-state index < -0.39 is 41.9 Å². The van der Waals surface area contributed by atoms with E-state index in [0.29, 0.717) is 18.5 Å². The fourth-order valence-corrected chi connectivity index (χ4v) is 6.29. The first-order valence-electron chi connectivity index (χ1n) is 19.2. The van der Waals surface area contributed by atoms with Gasteiger partial charge in [-0.15, -0.1) is 0 Å². The molecule has 54 heavy (non-hydrogen) atoms. The lowest BCUT2D eigenvalue weighted by Gasteiger charge is -2.17. The van der Waals surface area contributed by atoms with Crippen LogP contribution in [0.4, 0.5) is 5.69 Å². The fraction of sp³-hybridized carbons (Fsp3) is 0.452. The van der Waals surface area contributed by atoms with Crippen LogP contribution in [-0.4, -0.2) is 44.5 Å². The van der Waals surface area contributed by atoms with Crippen molar-refractivity contribution in [2.75, 3.05) is 11.9 Å². The summed E-state index contributed by atoms with van der Waals surface area (Å²) in [5, 5.41) is 2.73. The highest BCUT2D eigenvalue weighted by Crippen LogP contribution is 2.24. The second kappa shape index (κ2) is 22.3. The van der Waals surface area contributed by atoms with Crippen molar-refractivity contribution >= 4 is 35.1 Å². The number of nitrogens with zero attached hydrogens (tertiary/aromatic N) is 3. The van der Waals surface area contributed by atoms with Gasteiger partial charge in [0.2, 0.25) is 5.91 Å². The molecule has 0 aliphatic heterocycles. The number of hydrogen-bond donors (Lipinski definition) is 1. The minimum atomic E-state index is -1.08. The maximum absolute atomic E-state index is 13.6. The summed E-state index contributed by atoms with van der Waals surface area (Å²) in [6.45, 7) is 3.95. The van der Waals surface area contributed by atoms with Crippen molar-refractivity contribution in [1.82, 2.24) is 13.9 Å². The van der Waals surface area contributed by atoms with Gasteiger partial charge in [-0.25, -0.2) is 28.4 Å². The van der Waals surface area contributed by atoms with Crippen molar-refractivity contribution in [3.8, 4) is 5.69 Å². The number of carbonyl (C=O) groups excluding carboxylic acids is 3. The Morgan fingerprint density at radius 3 is 2.00 bits per heavy atom. The maximum Gasteiger partial charge on any atom is 0.352 e. The van der Waals surface area contributed by atoms with Crippen molar-refractivity contribution in [1.29, 1.82) is 0 Å². The van der Waals surface area contributed by atoms with Crippen molar-refractivity contribution < 1.29 is 23.9 Å². The first-order chi connectivity index (χ1) is 26.2. The molecular formula is C42H53ClN4O7. The van der Waals surface area contributed by atoms with Crippen LogP contribution in [0.2, 0.25) is 5.02 Å². The SMILES string of the molecule is CCCCCCCCCCCCOC(=O)C(CCCC)OC(=O)c1ccc(Cl)c(NC(=O)Cn2c(=O)n(Cc3ccccc3)n(-c3ccccc3)c2=O)c1. The van der Waals surface area contributed by atoms with Gasteiger partial charge in [0, 0.05) is 0 Å². The number of unbranched alkanes of at least 4 members (excludes halogenated alkanes) is 10. The predicted octanol–water partition coefficient (Wildman–Crippen LogP) is 8.32. The van der Waals surface area contributed by atoms with Crippen LogP contribution in [0.25, 0.3) is 5.69 Å². The number of nitrogens with one attached hydrogen (secondary N) is 1. The van der Waals surface area contributed by atoms with Crippen LogP contribution < -0.4 is 16.7 Å². The summed E-state index contributed by atoms with van der Waals surface area (Å²) in [7, 11) is 0. The molecule has 0 saturated heterocycles.